The van der Waals surface area contributed by atoms with E-state index in [-0.39, 0.29) is 11.6 Å². The van der Waals surface area contributed by atoms with Crippen LogP contribution >= 0.6 is 0 Å². The number of hydrogen-bond acceptors (Lipinski definition) is 5. The molecule has 0 saturated heterocycles. The molecule has 3 aromatic rings. The van der Waals surface area contributed by atoms with E-state index in [9.17, 15) is 4.79 Å². The quantitative estimate of drug-likeness (QED) is 0.750. The first-order valence-electron chi connectivity index (χ1n) is 5.56. The van der Waals surface area contributed by atoms with E-state index in [0.717, 1.165) is 5.56 Å². The minimum atomic E-state index is -0.381. The summed E-state index contributed by atoms with van der Waals surface area (Å²) in [6, 6.07) is 4.96. The van der Waals surface area contributed by atoms with Gasteiger partial charge in [-0.15, -0.1) is 0 Å². The van der Waals surface area contributed by atoms with Gasteiger partial charge in [0.15, 0.2) is 11.5 Å². The maximum Gasteiger partial charge on any atom is 0.279 e. The highest BCUT2D eigenvalue weighted by atomic mass is 16.5. The minimum Gasteiger partial charge on any atom is -0.461 e. The zero-order valence-corrected chi connectivity index (χ0v) is 10.0. The number of aromatic nitrogens is 3. The van der Waals surface area contributed by atoms with Crippen LogP contribution in [0.4, 0.5) is 5.82 Å². The molecule has 96 valence electrons. The molecule has 0 bridgehead atoms. The van der Waals surface area contributed by atoms with Crippen LogP contribution in [0.1, 0.15) is 16.1 Å². The summed E-state index contributed by atoms with van der Waals surface area (Å²) >= 11 is 0. The maximum absolute atomic E-state index is 11.9. The molecule has 0 saturated carbocycles. The molecule has 0 spiro atoms. The lowest BCUT2D eigenvalue weighted by Gasteiger charge is -1.99. The summed E-state index contributed by atoms with van der Waals surface area (Å²) in [6.45, 7) is 1.83. The number of nitrogens with one attached hydrogen (secondary N) is 2. The number of aromatic amines is 1. The number of carbonyl (C=O) groups is 1. The SMILES string of the molecule is Cc1cn[nH]c1NC(=O)c1cc(-c2ccco2)on1. The van der Waals surface area contributed by atoms with Gasteiger partial charge in [0.05, 0.1) is 12.5 Å². The fraction of sp³-hybridized carbons (Fsp3) is 0.0833. The first-order valence-corrected chi connectivity index (χ1v) is 5.56. The Hall–Kier alpha value is -2.83. The number of furan rings is 1. The molecule has 1 amide bonds. The van der Waals surface area contributed by atoms with Crippen molar-refractivity contribution in [1.82, 2.24) is 15.4 Å². The van der Waals surface area contributed by atoms with Crippen molar-refractivity contribution < 1.29 is 13.7 Å². The van der Waals surface area contributed by atoms with Gasteiger partial charge in [-0.25, -0.2) is 0 Å². The highest BCUT2D eigenvalue weighted by molar-refractivity contribution is 6.03. The third kappa shape index (κ3) is 2.13. The van der Waals surface area contributed by atoms with Crippen molar-refractivity contribution >= 4 is 11.7 Å². The van der Waals surface area contributed by atoms with E-state index in [0.29, 0.717) is 17.3 Å². The lowest BCUT2D eigenvalue weighted by Crippen LogP contribution is -2.13. The van der Waals surface area contributed by atoms with Crippen LogP contribution < -0.4 is 5.32 Å². The Bertz CT molecular complexity index is 696. The van der Waals surface area contributed by atoms with E-state index in [2.05, 4.69) is 20.7 Å². The van der Waals surface area contributed by atoms with E-state index in [4.69, 9.17) is 8.94 Å². The lowest BCUT2D eigenvalue weighted by atomic mass is 10.3. The van der Waals surface area contributed by atoms with Crippen LogP contribution in [0.3, 0.4) is 0 Å². The van der Waals surface area contributed by atoms with Crippen LogP contribution in [0.15, 0.2) is 39.6 Å². The molecule has 3 aromatic heterocycles. The highest BCUT2D eigenvalue weighted by Crippen LogP contribution is 2.21. The van der Waals surface area contributed by atoms with Crippen LogP contribution in [0.25, 0.3) is 11.5 Å². The molecule has 2 N–H and O–H groups in total. The van der Waals surface area contributed by atoms with Gasteiger partial charge in [0.2, 0.25) is 5.76 Å². The first kappa shape index (κ1) is 11.3. The Morgan fingerprint density at radius 2 is 2.32 bits per heavy atom. The van der Waals surface area contributed by atoms with Crippen LogP contribution in [0.5, 0.6) is 0 Å². The molecule has 0 aliphatic rings. The van der Waals surface area contributed by atoms with Crippen molar-refractivity contribution in [1.29, 1.82) is 0 Å². The molecular formula is C12H10N4O3. The number of nitrogens with zero attached hydrogens (tertiary/aromatic N) is 2. The minimum absolute atomic E-state index is 0.167. The molecule has 0 aliphatic carbocycles. The lowest BCUT2D eigenvalue weighted by molar-refractivity contribution is 0.101. The fourth-order valence-electron chi connectivity index (χ4n) is 1.57. The molecule has 0 atom stereocenters. The predicted molar refractivity (Wildman–Crippen MR) is 65.5 cm³/mol. The first-order chi connectivity index (χ1) is 9.24. The number of rotatable bonds is 3. The largest absolute Gasteiger partial charge is 0.461 e. The monoisotopic (exact) mass is 258 g/mol. The van der Waals surface area contributed by atoms with E-state index in [1.807, 2.05) is 6.92 Å². The van der Waals surface area contributed by atoms with Gasteiger partial charge < -0.3 is 14.3 Å². The average molecular weight is 258 g/mol. The van der Waals surface area contributed by atoms with Crippen LogP contribution in [0, 0.1) is 6.92 Å². The van der Waals surface area contributed by atoms with Crippen molar-refractivity contribution in [3.8, 4) is 11.5 Å². The maximum atomic E-state index is 11.9. The van der Waals surface area contributed by atoms with E-state index < -0.39 is 0 Å². The molecule has 7 heteroatoms. The van der Waals surface area contributed by atoms with Gasteiger partial charge >= 0.3 is 0 Å². The van der Waals surface area contributed by atoms with Crippen molar-refractivity contribution in [2.24, 2.45) is 0 Å². The molecule has 0 fully saturated rings. The predicted octanol–water partition coefficient (Wildman–Crippen LogP) is 2.22. The van der Waals surface area contributed by atoms with Crippen LogP contribution in [0.2, 0.25) is 0 Å². The molecule has 7 nitrogen and oxygen atoms in total. The van der Waals surface area contributed by atoms with Crippen LogP contribution in [-0.2, 0) is 0 Å². The number of H-pyrrole nitrogens is 1. The Kier molecular flexibility index (Phi) is 2.64. The zero-order valence-electron chi connectivity index (χ0n) is 10.0. The van der Waals surface area contributed by atoms with E-state index in [1.165, 1.54) is 12.3 Å². The van der Waals surface area contributed by atoms with Gasteiger partial charge in [0, 0.05) is 11.6 Å². The second kappa shape index (κ2) is 4.45. The molecule has 19 heavy (non-hydrogen) atoms. The highest BCUT2D eigenvalue weighted by Gasteiger charge is 2.16. The summed E-state index contributed by atoms with van der Waals surface area (Å²) < 4.78 is 10.2. The smallest absolute Gasteiger partial charge is 0.279 e. The Balaban J connectivity index is 1.80. The van der Waals surface area contributed by atoms with Gasteiger partial charge in [-0.05, 0) is 19.1 Å². The average Bonchev–Trinajstić information content (AvgIpc) is 3.09. The van der Waals surface area contributed by atoms with E-state index in [1.54, 1.807) is 18.3 Å². The Labute approximate surface area is 107 Å². The summed E-state index contributed by atoms with van der Waals surface area (Å²) in [5.41, 5.74) is 1.00. The topological polar surface area (TPSA) is 97.0 Å². The van der Waals surface area contributed by atoms with Crippen molar-refractivity contribution in [3.63, 3.8) is 0 Å². The Morgan fingerprint density at radius 3 is 3.00 bits per heavy atom. The second-order valence-corrected chi connectivity index (χ2v) is 3.94. The molecule has 3 heterocycles. The summed E-state index contributed by atoms with van der Waals surface area (Å²) in [5, 5.41) is 12.9. The van der Waals surface area contributed by atoms with Crippen molar-refractivity contribution in [3.05, 3.63) is 41.9 Å². The van der Waals surface area contributed by atoms with Gasteiger partial charge in [-0.2, -0.15) is 5.10 Å². The molecule has 0 radical (unpaired) electrons. The number of anilines is 1. The zero-order chi connectivity index (χ0) is 13.2. The van der Waals surface area contributed by atoms with Crippen LogP contribution in [-0.4, -0.2) is 21.3 Å². The summed E-state index contributed by atoms with van der Waals surface area (Å²) in [7, 11) is 0. The number of hydrogen-bond donors (Lipinski definition) is 2. The standard InChI is InChI=1S/C12H10N4O3/c1-7-6-13-15-11(7)14-12(17)8-5-10(19-16-8)9-3-2-4-18-9/h2-6H,1H3,(H2,13,14,15,17). The fourth-order valence-corrected chi connectivity index (χ4v) is 1.57. The third-order valence-corrected chi connectivity index (χ3v) is 2.57. The third-order valence-electron chi connectivity index (χ3n) is 2.57. The van der Waals surface area contributed by atoms with Gasteiger partial charge in [-0.3, -0.25) is 9.89 Å². The molecule has 0 aliphatic heterocycles. The number of aryl methyl sites for hydroxylation is 1. The van der Waals surface area contributed by atoms with Crippen molar-refractivity contribution in [2.75, 3.05) is 5.32 Å². The van der Waals surface area contributed by atoms with Gasteiger partial charge in [0.25, 0.3) is 5.91 Å². The molecule has 0 aromatic carbocycles. The second-order valence-electron chi connectivity index (χ2n) is 3.94. The summed E-state index contributed by atoms with van der Waals surface area (Å²) in [6.07, 6.45) is 3.14. The van der Waals surface area contributed by atoms with Crippen molar-refractivity contribution in [2.45, 2.75) is 6.92 Å². The Morgan fingerprint density at radius 1 is 1.42 bits per heavy atom. The molecule has 3 rings (SSSR count). The molecular weight excluding hydrogens is 248 g/mol. The summed E-state index contributed by atoms with van der Waals surface area (Å²) in [5.74, 6) is 1.07. The van der Waals surface area contributed by atoms with E-state index >= 15 is 0 Å². The van der Waals surface area contributed by atoms with Gasteiger partial charge in [0.1, 0.15) is 5.82 Å². The normalized spacial score (nSPS) is 10.6. The number of carbonyl (C=O) groups excluding carboxylic acids is 1. The number of amides is 1. The summed E-state index contributed by atoms with van der Waals surface area (Å²) in [4.78, 5) is 11.9. The molecule has 0 unspecified atom stereocenters. The van der Waals surface area contributed by atoms with Gasteiger partial charge in [-0.1, -0.05) is 5.16 Å².